The van der Waals surface area contributed by atoms with Crippen LogP contribution in [0, 0.1) is 6.92 Å². The van der Waals surface area contributed by atoms with Crippen LogP contribution in [0.1, 0.15) is 16.8 Å². The number of hydrogen-bond acceptors (Lipinski definition) is 3. The number of aromatic nitrogens is 1. The Morgan fingerprint density at radius 2 is 2.19 bits per heavy atom. The highest BCUT2D eigenvalue weighted by Gasteiger charge is 2.10. The van der Waals surface area contributed by atoms with Gasteiger partial charge in [0.25, 0.3) is 0 Å². The topological polar surface area (TPSA) is 55.1 Å². The lowest BCUT2D eigenvalue weighted by Crippen LogP contribution is -2.24. The van der Waals surface area contributed by atoms with Crippen LogP contribution in [0.25, 0.3) is 11.0 Å². The summed E-state index contributed by atoms with van der Waals surface area (Å²) in [5.74, 6) is -0.0380. The fourth-order valence-corrected chi connectivity index (χ4v) is 2.25. The third kappa shape index (κ3) is 3.11. The number of hydrogen-bond donors (Lipinski definition) is 1. The highest BCUT2D eigenvalue weighted by atomic mass is 16.3. The molecule has 0 bridgehead atoms. The lowest BCUT2D eigenvalue weighted by molar-refractivity contribution is -0.120. The summed E-state index contributed by atoms with van der Waals surface area (Å²) < 4.78 is 5.50. The lowest BCUT2D eigenvalue weighted by atomic mass is 10.1. The maximum absolute atomic E-state index is 12.0. The molecule has 0 atom stereocenters. The summed E-state index contributed by atoms with van der Waals surface area (Å²) in [4.78, 5) is 16.2. The highest BCUT2D eigenvalue weighted by molar-refractivity contribution is 5.87. The van der Waals surface area contributed by atoms with Gasteiger partial charge in [-0.25, -0.2) is 0 Å². The number of carbonyl (C=O) groups excluding carboxylic acids is 1. The van der Waals surface area contributed by atoms with E-state index >= 15 is 0 Å². The lowest BCUT2D eigenvalue weighted by Gasteiger charge is -2.03. The van der Waals surface area contributed by atoms with Crippen LogP contribution in [0.4, 0.5) is 0 Å². The maximum atomic E-state index is 12.0. The molecule has 4 heteroatoms. The molecule has 21 heavy (non-hydrogen) atoms. The molecule has 0 aliphatic heterocycles. The minimum Gasteiger partial charge on any atom is -0.464 e. The molecule has 4 nitrogen and oxygen atoms in total. The minimum absolute atomic E-state index is 0.0380. The van der Waals surface area contributed by atoms with E-state index in [9.17, 15) is 4.79 Å². The Balaban J connectivity index is 1.66. The average Bonchev–Trinajstić information content (AvgIpc) is 2.88. The molecule has 3 rings (SSSR count). The van der Waals surface area contributed by atoms with E-state index in [2.05, 4.69) is 10.3 Å². The molecule has 2 aromatic heterocycles. The third-order valence-electron chi connectivity index (χ3n) is 3.36. The Bertz CT molecular complexity index is 763. The minimum atomic E-state index is -0.0380. The van der Waals surface area contributed by atoms with Crippen LogP contribution in [0.3, 0.4) is 0 Å². The molecule has 1 aromatic carbocycles. The smallest absolute Gasteiger partial charge is 0.224 e. The van der Waals surface area contributed by atoms with E-state index in [1.165, 1.54) is 0 Å². The van der Waals surface area contributed by atoms with Gasteiger partial charge in [0.15, 0.2) is 0 Å². The van der Waals surface area contributed by atoms with E-state index in [4.69, 9.17) is 4.42 Å². The molecule has 0 fully saturated rings. The van der Waals surface area contributed by atoms with Gasteiger partial charge in [-0.15, -0.1) is 0 Å². The van der Waals surface area contributed by atoms with Crippen LogP contribution < -0.4 is 5.32 Å². The zero-order valence-corrected chi connectivity index (χ0v) is 11.8. The van der Waals surface area contributed by atoms with E-state index < -0.39 is 0 Å². The molecule has 3 aromatic rings. The second-order valence-electron chi connectivity index (χ2n) is 5.04. The Morgan fingerprint density at radius 3 is 3.00 bits per heavy atom. The number of carbonyl (C=O) groups is 1. The summed E-state index contributed by atoms with van der Waals surface area (Å²) in [5.41, 5.74) is 3.72. The molecule has 0 aliphatic carbocycles. The second kappa shape index (κ2) is 5.79. The van der Waals surface area contributed by atoms with Crippen molar-refractivity contribution >= 4 is 16.9 Å². The van der Waals surface area contributed by atoms with Crippen molar-refractivity contribution in [3.63, 3.8) is 0 Å². The standard InChI is InChI=1S/C17H16N2O2/c1-12-5-6-15-13(11-21-16(15)8-12)9-17(20)19-10-14-4-2-3-7-18-14/h2-8,11H,9-10H2,1H3,(H,19,20). The Kier molecular flexibility index (Phi) is 3.69. The first kappa shape index (κ1) is 13.4. The van der Waals surface area contributed by atoms with Crippen molar-refractivity contribution in [1.82, 2.24) is 10.3 Å². The van der Waals surface area contributed by atoms with Gasteiger partial charge >= 0.3 is 0 Å². The normalized spacial score (nSPS) is 10.7. The molecule has 0 aliphatic rings. The number of fused-ring (bicyclic) bond motifs is 1. The van der Waals surface area contributed by atoms with Crippen LogP contribution in [-0.2, 0) is 17.8 Å². The summed E-state index contributed by atoms with van der Waals surface area (Å²) in [5, 5.41) is 3.86. The van der Waals surface area contributed by atoms with E-state index in [0.29, 0.717) is 13.0 Å². The first-order chi connectivity index (χ1) is 10.2. The summed E-state index contributed by atoms with van der Waals surface area (Å²) in [7, 11) is 0. The van der Waals surface area contributed by atoms with Gasteiger partial charge in [-0.1, -0.05) is 18.2 Å². The van der Waals surface area contributed by atoms with Crippen molar-refractivity contribution in [2.45, 2.75) is 19.9 Å². The summed E-state index contributed by atoms with van der Waals surface area (Å²) in [6, 6.07) is 11.6. The average molecular weight is 280 g/mol. The van der Waals surface area contributed by atoms with Crippen molar-refractivity contribution in [1.29, 1.82) is 0 Å². The van der Waals surface area contributed by atoms with Crippen molar-refractivity contribution in [3.05, 3.63) is 65.7 Å². The van der Waals surface area contributed by atoms with Crippen LogP contribution in [0.2, 0.25) is 0 Å². The molecule has 0 radical (unpaired) electrons. The fraction of sp³-hybridized carbons (Fsp3) is 0.176. The first-order valence-electron chi connectivity index (χ1n) is 6.86. The van der Waals surface area contributed by atoms with Crippen LogP contribution in [0.15, 0.2) is 53.3 Å². The molecule has 106 valence electrons. The molecule has 0 unspecified atom stereocenters. The molecular formula is C17H16N2O2. The van der Waals surface area contributed by atoms with Crippen molar-refractivity contribution in [3.8, 4) is 0 Å². The van der Waals surface area contributed by atoms with Gasteiger partial charge in [0.05, 0.1) is 24.9 Å². The number of nitrogens with one attached hydrogen (secondary N) is 1. The third-order valence-corrected chi connectivity index (χ3v) is 3.36. The second-order valence-corrected chi connectivity index (χ2v) is 5.04. The van der Waals surface area contributed by atoms with Gasteiger partial charge < -0.3 is 9.73 Å². The van der Waals surface area contributed by atoms with Gasteiger partial charge in [-0.05, 0) is 30.7 Å². The number of benzene rings is 1. The predicted octanol–water partition coefficient (Wildman–Crippen LogP) is 3.00. The van der Waals surface area contributed by atoms with Crippen LogP contribution >= 0.6 is 0 Å². The zero-order valence-electron chi connectivity index (χ0n) is 11.8. The molecular weight excluding hydrogens is 264 g/mol. The SMILES string of the molecule is Cc1ccc2c(CC(=O)NCc3ccccn3)coc2c1. The number of pyridine rings is 1. The monoisotopic (exact) mass is 280 g/mol. The van der Waals surface area contributed by atoms with Crippen molar-refractivity contribution < 1.29 is 9.21 Å². The zero-order chi connectivity index (χ0) is 14.7. The van der Waals surface area contributed by atoms with E-state index in [-0.39, 0.29) is 5.91 Å². The Labute approximate surface area is 122 Å². The van der Waals surface area contributed by atoms with Gasteiger partial charge in [-0.3, -0.25) is 9.78 Å². The Morgan fingerprint density at radius 1 is 1.29 bits per heavy atom. The van der Waals surface area contributed by atoms with E-state index in [1.54, 1.807) is 12.5 Å². The van der Waals surface area contributed by atoms with Gasteiger partial charge in [0.2, 0.25) is 5.91 Å². The van der Waals surface area contributed by atoms with Gasteiger partial charge in [0, 0.05) is 17.1 Å². The highest BCUT2D eigenvalue weighted by Crippen LogP contribution is 2.22. The molecule has 1 amide bonds. The van der Waals surface area contributed by atoms with Crippen LogP contribution in [-0.4, -0.2) is 10.9 Å². The fourth-order valence-electron chi connectivity index (χ4n) is 2.25. The Hall–Kier alpha value is -2.62. The molecule has 0 spiro atoms. The summed E-state index contributed by atoms with van der Waals surface area (Å²) in [6.07, 6.45) is 3.68. The molecule has 2 heterocycles. The quantitative estimate of drug-likeness (QED) is 0.799. The number of amides is 1. The number of aryl methyl sites for hydroxylation is 1. The maximum Gasteiger partial charge on any atom is 0.224 e. The number of furan rings is 1. The molecule has 0 saturated heterocycles. The van der Waals surface area contributed by atoms with Crippen LogP contribution in [0.5, 0.6) is 0 Å². The summed E-state index contributed by atoms with van der Waals surface area (Å²) in [6.45, 7) is 2.45. The van der Waals surface area contributed by atoms with Crippen molar-refractivity contribution in [2.24, 2.45) is 0 Å². The van der Waals surface area contributed by atoms with Gasteiger partial charge in [0.1, 0.15) is 5.58 Å². The number of rotatable bonds is 4. The predicted molar refractivity (Wildman–Crippen MR) is 80.7 cm³/mol. The van der Waals surface area contributed by atoms with Crippen molar-refractivity contribution in [2.75, 3.05) is 0 Å². The number of nitrogens with zero attached hydrogens (tertiary/aromatic N) is 1. The largest absolute Gasteiger partial charge is 0.464 e. The summed E-state index contributed by atoms with van der Waals surface area (Å²) >= 11 is 0. The first-order valence-corrected chi connectivity index (χ1v) is 6.86. The van der Waals surface area contributed by atoms with Gasteiger partial charge in [-0.2, -0.15) is 0 Å². The molecule has 1 N–H and O–H groups in total. The van der Waals surface area contributed by atoms with E-state index in [0.717, 1.165) is 27.8 Å². The van der Waals surface area contributed by atoms with E-state index in [1.807, 2.05) is 43.3 Å². The molecule has 0 saturated carbocycles.